The molecule has 0 bridgehead atoms. The number of H-pyrrole nitrogens is 1. The van der Waals surface area contributed by atoms with Crippen molar-refractivity contribution in [2.75, 3.05) is 18.0 Å². The van der Waals surface area contributed by atoms with Gasteiger partial charge in [0.05, 0.1) is 0 Å². The molecule has 0 radical (unpaired) electrons. The lowest BCUT2D eigenvalue weighted by Gasteiger charge is -2.23. The third-order valence-corrected chi connectivity index (χ3v) is 2.75. The molecule has 0 saturated heterocycles. The zero-order valence-corrected chi connectivity index (χ0v) is 11.5. The molecule has 16 heavy (non-hydrogen) atoms. The van der Waals surface area contributed by atoms with E-state index in [0.29, 0.717) is 5.92 Å². The predicted molar refractivity (Wildman–Crippen MR) is 70.4 cm³/mol. The molecule has 1 N–H and O–H groups in total. The first-order chi connectivity index (χ1) is 7.60. The Kier molecular flexibility index (Phi) is 4.99. The van der Waals surface area contributed by atoms with Crippen LogP contribution in [0, 0.1) is 10.7 Å². The Labute approximate surface area is 103 Å². The molecule has 0 aliphatic carbocycles. The normalized spacial score (nSPS) is 11.1. The molecule has 4 nitrogen and oxygen atoms in total. The van der Waals surface area contributed by atoms with Crippen LogP contribution in [0.3, 0.4) is 0 Å². The third-order valence-electron chi connectivity index (χ3n) is 2.44. The fourth-order valence-corrected chi connectivity index (χ4v) is 1.99. The van der Waals surface area contributed by atoms with Crippen molar-refractivity contribution in [2.45, 2.75) is 40.7 Å². The Hall–Kier alpha value is -0.840. The highest BCUT2D eigenvalue weighted by Crippen LogP contribution is 2.13. The monoisotopic (exact) mass is 242 g/mol. The van der Waals surface area contributed by atoms with Crippen LogP contribution in [0.5, 0.6) is 0 Å². The van der Waals surface area contributed by atoms with E-state index in [4.69, 9.17) is 12.2 Å². The van der Waals surface area contributed by atoms with Gasteiger partial charge in [0.2, 0.25) is 5.95 Å². The standard InChI is InChI=1S/C11H22N4S/c1-5-7-15-10(12-13-11(15)16)14(6-2)8-9(3)4/h9H,5-8H2,1-4H3,(H,13,16). The highest BCUT2D eigenvalue weighted by Gasteiger charge is 2.13. The van der Waals surface area contributed by atoms with Gasteiger partial charge in [-0.2, -0.15) is 0 Å². The summed E-state index contributed by atoms with van der Waals surface area (Å²) in [6.45, 7) is 11.6. The zero-order chi connectivity index (χ0) is 12.1. The largest absolute Gasteiger partial charge is 0.341 e. The lowest BCUT2D eigenvalue weighted by atomic mass is 10.2. The fourth-order valence-electron chi connectivity index (χ4n) is 1.77. The second kappa shape index (κ2) is 6.03. The van der Waals surface area contributed by atoms with Crippen molar-refractivity contribution in [1.29, 1.82) is 0 Å². The number of rotatable bonds is 6. The van der Waals surface area contributed by atoms with Gasteiger partial charge in [-0.05, 0) is 31.5 Å². The number of anilines is 1. The summed E-state index contributed by atoms with van der Waals surface area (Å²) in [5, 5.41) is 7.21. The van der Waals surface area contributed by atoms with Gasteiger partial charge in [-0.1, -0.05) is 20.8 Å². The lowest BCUT2D eigenvalue weighted by Crippen LogP contribution is -2.30. The minimum atomic E-state index is 0.625. The summed E-state index contributed by atoms with van der Waals surface area (Å²) in [5.74, 6) is 1.60. The molecule has 0 unspecified atom stereocenters. The van der Waals surface area contributed by atoms with Gasteiger partial charge in [-0.25, -0.2) is 5.10 Å². The van der Waals surface area contributed by atoms with E-state index in [2.05, 4.69) is 47.4 Å². The molecule has 0 amide bonds. The molecule has 0 atom stereocenters. The molecule has 0 spiro atoms. The van der Waals surface area contributed by atoms with Gasteiger partial charge >= 0.3 is 0 Å². The van der Waals surface area contributed by atoms with Crippen molar-refractivity contribution in [1.82, 2.24) is 14.8 Å². The summed E-state index contributed by atoms with van der Waals surface area (Å²) in [4.78, 5) is 2.27. The van der Waals surface area contributed by atoms with Crippen molar-refractivity contribution >= 4 is 18.2 Å². The van der Waals surface area contributed by atoms with E-state index in [-0.39, 0.29) is 0 Å². The molecular weight excluding hydrogens is 220 g/mol. The molecule has 1 heterocycles. The van der Waals surface area contributed by atoms with Crippen molar-refractivity contribution in [3.05, 3.63) is 4.77 Å². The summed E-state index contributed by atoms with van der Waals surface area (Å²) >= 11 is 5.24. The topological polar surface area (TPSA) is 36.9 Å². The number of hydrogen-bond acceptors (Lipinski definition) is 3. The summed E-state index contributed by atoms with van der Waals surface area (Å²) in [7, 11) is 0. The van der Waals surface area contributed by atoms with Crippen LogP contribution in [0.15, 0.2) is 0 Å². The van der Waals surface area contributed by atoms with Crippen LogP contribution in [0.2, 0.25) is 0 Å². The van der Waals surface area contributed by atoms with Gasteiger partial charge in [0, 0.05) is 19.6 Å². The van der Waals surface area contributed by atoms with Gasteiger partial charge in [-0.15, -0.1) is 5.10 Å². The molecule has 0 saturated carbocycles. The fraction of sp³-hybridized carbons (Fsp3) is 0.818. The summed E-state index contributed by atoms with van der Waals surface area (Å²) in [6.07, 6.45) is 1.07. The average Bonchev–Trinajstić information content (AvgIpc) is 2.58. The van der Waals surface area contributed by atoms with Gasteiger partial charge in [0.15, 0.2) is 4.77 Å². The van der Waals surface area contributed by atoms with E-state index in [1.165, 1.54) is 0 Å². The van der Waals surface area contributed by atoms with Crippen LogP contribution in [-0.2, 0) is 6.54 Å². The molecule has 1 aromatic rings. The van der Waals surface area contributed by atoms with Crippen LogP contribution in [0.1, 0.15) is 34.1 Å². The van der Waals surface area contributed by atoms with Crippen LogP contribution in [0.25, 0.3) is 0 Å². The third kappa shape index (κ3) is 3.07. The predicted octanol–water partition coefficient (Wildman–Crippen LogP) is 2.83. The second-order valence-electron chi connectivity index (χ2n) is 4.41. The maximum Gasteiger partial charge on any atom is 0.225 e. The molecule has 5 heteroatoms. The average molecular weight is 242 g/mol. The number of nitrogens with one attached hydrogen (secondary N) is 1. The summed E-state index contributed by atoms with van der Waals surface area (Å²) < 4.78 is 2.81. The number of hydrogen-bond donors (Lipinski definition) is 1. The Morgan fingerprint density at radius 2 is 2.12 bits per heavy atom. The quantitative estimate of drug-likeness (QED) is 0.779. The first-order valence-corrected chi connectivity index (χ1v) is 6.41. The van der Waals surface area contributed by atoms with E-state index in [9.17, 15) is 0 Å². The van der Waals surface area contributed by atoms with Crippen LogP contribution >= 0.6 is 12.2 Å². The number of aromatic nitrogens is 3. The van der Waals surface area contributed by atoms with Crippen LogP contribution in [-0.4, -0.2) is 27.9 Å². The maximum atomic E-state index is 5.24. The van der Waals surface area contributed by atoms with Gasteiger partial charge < -0.3 is 4.90 Å². The van der Waals surface area contributed by atoms with Gasteiger partial charge in [-0.3, -0.25) is 4.57 Å². The highest BCUT2D eigenvalue weighted by atomic mass is 32.1. The first kappa shape index (κ1) is 13.2. The van der Waals surface area contributed by atoms with Crippen LogP contribution < -0.4 is 4.90 Å². The highest BCUT2D eigenvalue weighted by molar-refractivity contribution is 7.71. The van der Waals surface area contributed by atoms with Gasteiger partial charge in [0.25, 0.3) is 0 Å². The minimum Gasteiger partial charge on any atom is -0.341 e. The van der Waals surface area contributed by atoms with Crippen molar-refractivity contribution in [3.8, 4) is 0 Å². The van der Waals surface area contributed by atoms with E-state index in [1.54, 1.807) is 0 Å². The molecule has 0 aliphatic rings. The van der Waals surface area contributed by atoms with Crippen molar-refractivity contribution in [2.24, 2.45) is 5.92 Å². The number of aromatic amines is 1. The Bertz CT molecular complexity index is 366. The second-order valence-corrected chi connectivity index (χ2v) is 4.80. The molecule has 0 fully saturated rings. The SMILES string of the molecule is CCCn1c(N(CC)CC(C)C)n[nH]c1=S. The van der Waals surface area contributed by atoms with E-state index >= 15 is 0 Å². The Morgan fingerprint density at radius 1 is 1.44 bits per heavy atom. The Morgan fingerprint density at radius 3 is 2.62 bits per heavy atom. The van der Waals surface area contributed by atoms with Crippen molar-refractivity contribution < 1.29 is 0 Å². The van der Waals surface area contributed by atoms with Gasteiger partial charge in [0.1, 0.15) is 0 Å². The number of nitrogens with zero attached hydrogens (tertiary/aromatic N) is 3. The maximum absolute atomic E-state index is 5.24. The van der Waals surface area contributed by atoms with E-state index in [1.807, 2.05) is 0 Å². The molecular formula is C11H22N4S. The van der Waals surface area contributed by atoms with Crippen LogP contribution in [0.4, 0.5) is 5.95 Å². The van der Waals surface area contributed by atoms with Crippen molar-refractivity contribution in [3.63, 3.8) is 0 Å². The summed E-state index contributed by atoms with van der Waals surface area (Å²) in [6, 6.07) is 0. The molecule has 92 valence electrons. The molecule has 0 aromatic carbocycles. The molecule has 0 aliphatic heterocycles. The van der Waals surface area contributed by atoms with E-state index in [0.717, 1.165) is 36.8 Å². The van der Waals surface area contributed by atoms with E-state index < -0.39 is 0 Å². The summed E-state index contributed by atoms with van der Waals surface area (Å²) in [5.41, 5.74) is 0. The smallest absolute Gasteiger partial charge is 0.225 e. The first-order valence-electron chi connectivity index (χ1n) is 6.00. The minimum absolute atomic E-state index is 0.625. The molecule has 1 aromatic heterocycles. The lowest BCUT2D eigenvalue weighted by molar-refractivity contribution is 0.584. The Balaban J connectivity index is 2.95. The zero-order valence-electron chi connectivity index (χ0n) is 10.7. The molecule has 1 rings (SSSR count).